The second-order valence-corrected chi connectivity index (χ2v) is 4.96. The van der Waals surface area contributed by atoms with E-state index in [9.17, 15) is 8.78 Å². The lowest BCUT2D eigenvalue weighted by Crippen LogP contribution is -2.41. The molecule has 0 aliphatic carbocycles. The second-order valence-electron chi connectivity index (χ2n) is 4.96. The largest absolute Gasteiger partial charge is 0.458 e. The molecular formula is C14H19F2NO. The van der Waals surface area contributed by atoms with Crippen LogP contribution in [-0.2, 0) is 0 Å². The number of benzene rings is 1. The third-order valence-electron chi connectivity index (χ3n) is 3.18. The standard InChI is InChI=1S/C14H19F2NO/c1-11-10-14(16,7-2-3-8-17-11)18-13-6-4-5-12(15)9-13/h4-6,9,11,17H,2-3,7-8,10H2,1H3. The SMILES string of the molecule is CC1CC(F)(Oc2cccc(F)c2)CCCCN1. The molecule has 2 nitrogen and oxygen atoms in total. The van der Waals surface area contributed by atoms with E-state index in [1.807, 2.05) is 6.92 Å². The molecule has 1 aliphatic heterocycles. The minimum atomic E-state index is -1.71. The van der Waals surface area contributed by atoms with Crippen molar-refractivity contribution in [3.8, 4) is 5.75 Å². The van der Waals surface area contributed by atoms with Crippen LogP contribution in [0.15, 0.2) is 24.3 Å². The summed E-state index contributed by atoms with van der Waals surface area (Å²) in [6.07, 6.45) is 2.34. The molecule has 100 valence electrons. The van der Waals surface area contributed by atoms with Gasteiger partial charge in [-0.3, -0.25) is 0 Å². The average Bonchev–Trinajstić information content (AvgIpc) is 2.26. The molecule has 0 saturated carbocycles. The molecule has 0 radical (unpaired) electrons. The van der Waals surface area contributed by atoms with Gasteiger partial charge in [-0.1, -0.05) is 6.07 Å². The molecule has 1 heterocycles. The Morgan fingerprint density at radius 2 is 2.22 bits per heavy atom. The summed E-state index contributed by atoms with van der Waals surface area (Å²) in [4.78, 5) is 0. The minimum Gasteiger partial charge on any atom is -0.458 e. The first-order valence-corrected chi connectivity index (χ1v) is 6.44. The maximum absolute atomic E-state index is 14.7. The van der Waals surface area contributed by atoms with Gasteiger partial charge in [0.2, 0.25) is 5.85 Å². The van der Waals surface area contributed by atoms with Gasteiger partial charge in [0.25, 0.3) is 0 Å². The Kier molecular flexibility index (Phi) is 4.17. The van der Waals surface area contributed by atoms with Gasteiger partial charge in [-0.2, -0.15) is 4.39 Å². The number of ether oxygens (including phenoxy) is 1. The molecule has 1 N–H and O–H groups in total. The van der Waals surface area contributed by atoms with Crippen LogP contribution in [0.3, 0.4) is 0 Å². The zero-order chi connectivity index (χ0) is 13.0. The first kappa shape index (κ1) is 13.3. The van der Waals surface area contributed by atoms with Gasteiger partial charge in [-0.05, 0) is 38.4 Å². The molecule has 2 rings (SSSR count). The Bertz CT molecular complexity index is 399. The number of alkyl halides is 1. The Labute approximate surface area is 106 Å². The smallest absolute Gasteiger partial charge is 0.249 e. The van der Waals surface area contributed by atoms with Crippen LogP contribution < -0.4 is 10.1 Å². The van der Waals surface area contributed by atoms with Crippen molar-refractivity contribution >= 4 is 0 Å². The van der Waals surface area contributed by atoms with Crippen LogP contribution in [0, 0.1) is 5.82 Å². The van der Waals surface area contributed by atoms with Gasteiger partial charge < -0.3 is 10.1 Å². The van der Waals surface area contributed by atoms with Crippen molar-refractivity contribution in [3.63, 3.8) is 0 Å². The normalized spacial score (nSPS) is 29.4. The molecule has 1 fully saturated rings. The van der Waals surface area contributed by atoms with E-state index in [1.165, 1.54) is 18.2 Å². The highest BCUT2D eigenvalue weighted by atomic mass is 19.2. The summed E-state index contributed by atoms with van der Waals surface area (Å²) in [5, 5.41) is 3.24. The van der Waals surface area contributed by atoms with E-state index in [2.05, 4.69) is 5.32 Å². The van der Waals surface area contributed by atoms with Crippen LogP contribution in [0.2, 0.25) is 0 Å². The van der Waals surface area contributed by atoms with E-state index in [4.69, 9.17) is 4.74 Å². The lowest BCUT2D eigenvalue weighted by atomic mass is 9.99. The Morgan fingerprint density at radius 1 is 1.39 bits per heavy atom. The van der Waals surface area contributed by atoms with E-state index in [-0.39, 0.29) is 18.2 Å². The van der Waals surface area contributed by atoms with Crippen LogP contribution in [0.1, 0.15) is 32.6 Å². The quantitative estimate of drug-likeness (QED) is 0.874. The van der Waals surface area contributed by atoms with E-state index >= 15 is 0 Å². The first-order valence-electron chi connectivity index (χ1n) is 6.44. The number of halogens is 2. The van der Waals surface area contributed by atoms with Gasteiger partial charge in [0.1, 0.15) is 11.6 Å². The molecule has 1 aliphatic rings. The summed E-state index contributed by atoms with van der Waals surface area (Å²) in [5.41, 5.74) is 0. The molecule has 0 amide bonds. The Morgan fingerprint density at radius 3 is 3.00 bits per heavy atom. The van der Waals surface area contributed by atoms with Crippen LogP contribution in [0.5, 0.6) is 5.75 Å². The predicted octanol–water partition coefficient (Wildman–Crippen LogP) is 3.42. The van der Waals surface area contributed by atoms with Crippen molar-refractivity contribution < 1.29 is 13.5 Å². The number of hydrogen-bond acceptors (Lipinski definition) is 2. The van der Waals surface area contributed by atoms with Crippen molar-refractivity contribution in [2.45, 2.75) is 44.5 Å². The van der Waals surface area contributed by atoms with Gasteiger partial charge in [0.05, 0.1) is 0 Å². The number of rotatable bonds is 2. The molecule has 1 saturated heterocycles. The molecule has 0 spiro atoms. The van der Waals surface area contributed by atoms with Crippen LogP contribution in [0.4, 0.5) is 8.78 Å². The van der Waals surface area contributed by atoms with Crippen molar-refractivity contribution in [1.82, 2.24) is 5.32 Å². The van der Waals surface area contributed by atoms with Gasteiger partial charge >= 0.3 is 0 Å². The maximum Gasteiger partial charge on any atom is 0.249 e. The lowest BCUT2D eigenvalue weighted by molar-refractivity contribution is -0.0857. The molecule has 0 bridgehead atoms. The van der Waals surface area contributed by atoms with E-state index in [1.54, 1.807) is 6.07 Å². The molecule has 18 heavy (non-hydrogen) atoms. The molecule has 4 heteroatoms. The Hall–Kier alpha value is -1.16. The van der Waals surface area contributed by atoms with Gasteiger partial charge in [-0.15, -0.1) is 0 Å². The fourth-order valence-corrected chi connectivity index (χ4v) is 2.33. The van der Waals surface area contributed by atoms with E-state index in [0.29, 0.717) is 6.42 Å². The van der Waals surface area contributed by atoms with Gasteiger partial charge in [0, 0.05) is 24.9 Å². The second kappa shape index (κ2) is 5.65. The lowest BCUT2D eigenvalue weighted by Gasteiger charge is -2.31. The zero-order valence-electron chi connectivity index (χ0n) is 10.6. The molecule has 1 aromatic carbocycles. The maximum atomic E-state index is 14.7. The van der Waals surface area contributed by atoms with Crippen LogP contribution >= 0.6 is 0 Å². The topological polar surface area (TPSA) is 21.3 Å². The molecule has 2 unspecified atom stereocenters. The molecule has 0 aromatic heterocycles. The predicted molar refractivity (Wildman–Crippen MR) is 66.8 cm³/mol. The summed E-state index contributed by atoms with van der Waals surface area (Å²) in [6, 6.07) is 5.71. The highest BCUT2D eigenvalue weighted by molar-refractivity contribution is 5.23. The number of hydrogen-bond donors (Lipinski definition) is 1. The fraction of sp³-hybridized carbons (Fsp3) is 0.571. The monoisotopic (exact) mass is 255 g/mol. The van der Waals surface area contributed by atoms with Gasteiger partial charge in [-0.25, -0.2) is 4.39 Å². The van der Waals surface area contributed by atoms with Crippen molar-refractivity contribution in [2.75, 3.05) is 6.54 Å². The van der Waals surface area contributed by atoms with Crippen molar-refractivity contribution in [3.05, 3.63) is 30.1 Å². The van der Waals surface area contributed by atoms with Crippen molar-refractivity contribution in [2.24, 2.45) is 0 Å². The van der Waals surface area contributed by atoms with Crippen LogP contribution in [0.25, 0.3) is 0 Å². The molecule has 1 aromatic rings. The third-order valence-corrected chi connectivity index (χ3v) is 3.18. The fourth-order valence-electron chi connectivity index (χ4n) is 2.33. The summed E-state index contributed by atoms with van der Waals surface area (Å²) in [5.74, 6) is -1.86. The third kappa shape index (κ3) is 3.67. The zero-order valence-corrected chi connectivity index (χ0v) is 10.6. The minimum absolute atomic E-state index is 0.0591. The average molecular weight is 255 g/mol. The highest BCUT2D eigenvalue weighted by Gasteiger charge is 2.34. The highest BCUT2D eigenvalue weighted by Crippen LogP contribution is 2.30. The first-order chi connectivity index (χ1) is 8.57. The number of nitrogens with one attached hydrogen (secondary N) is 1. The molecular weight excluding hydrogens is 236 g/mol. The van der Waals surface area contributed by atoms with E-state index < -0.39 is 11.7 Å². The van der Waals surface area contributed by atoms with Crippen LogP contribution in [-0.4, -0.2) is 18.4 Å². The summed E-state index contributed by atoms with van der Waals surface area (Å²) < 4.78 is 33.1. The van der Waals surface area contributed by atoms with E-state index in [0.717, 1.165) is 19.4 Å². The van der Waals surface area contributed by atoms with Gasteiger partial charge in [0.15, 0.2) is 0 Å². The summed E-state index contributed by atoms with van der Waals surface area (Å²) in [6.45, 7) is 2.85. The summed E-state index contributed by atoms with van der Waals surface area (Å²) >= 11 is 0. The Balaban J connectivity index is 2.08. The summed E-state index contributed by atoms with van der Waals surface area (Å²) in [7, 11) is 0. The molecule has 2 atom stereocenters. The van der Waals surface area contributed by atoms with Crippen molar-refractivity contribution in [1.29, 1.82) is 0 Å².